The van der Waals surface area contributed by atoms with Crippen LogP contribution in [0.2, 0.25) is 0 Å². The minimum Gasteiger partial charge on any atom is -0.435 e. The standard InChI is InChI=1S/C17H15F5N2O3/c18-16(19)27-12-5-3-11(4-6-12)7-8-23-14(25)10-24-9-1-2-13(15(24)26)17(20,21)22/h1-6,9,16H,7-8,10H2,(H,23,25). The number of carbonyl (C=O) groups is 1. The second-order valence-electron chi connectivity index (χ2n) is 5.48. The molecule has 10 heteroatoms. The molecule has 0 aliphatic rings. The number of nitrogens with one attached hydrogen (secondary N) is 1. The first-order chi connectivity index (χ1) is 12.7. The quantitative estimate of drug-likeness (QED) is 0.740. The van der Waals surface area contributed by atoms with E-state index in [1.165, 1.54) is 12.1 Å². The molecule has 2 rings (SSSR count). The molecule has 1 heterocycles. The number of aromatic nitrogens is 1. The molecule has 0 atom stereocenters. The zero-order valence-corrected chi connectivity index (χ0v) is 13.8. The van der Waals surface area contributed by atoms with Crippen LogP contribution in [-0.2, 0) is 23.9 Å². The van der Waals surface area contributed by atoms with Gasteiger partial charge in [-0.2, -0.15) is 22.0 Å². The van der Waals surface area contributed by atoms with Crippen LogP contribution in [0.5, 0.6) is 5.75 Å². The molecule has 0 saturated heterocycles. The van der Waals surface area contributed by atoms with Crippen LogP contribution in [0.25, 0.3) is 0 Å². The molecule has 0 spiro atoms. The highest BCUT2D eigenvalue weighted by atomic mass is 19.4. The summed E-state index contributed by atoms with van der Waals surface area (Å²) in [5.41, 5.74) is -1.91. The Morgan fingerprint density at radius 1 is 1.15 bits per heavy atom. The van der Waals surface area contributed by atoms with E-state index in [9.17, 15) is 31.5 Å². The first-order valence-electron chi connectivity index (χ1n) is 7.74. The van der Waals surface area contributed by atoms with Gasteiger partial charge in [0.05, 0.1) is 0 Å². The SMILES string of the molecule is O=C(Cn1cccc(C(F)(F)F)c1=O)NCCc1ccc(OC(F)F)cc1. The number of halogens is 5. The minimum atomic E-state index is -4.79. The maximum Gasteiger partial charge on any atom is 0.421 e. The predicted molar refractivity (Wildman–Crippen MR) is 85.5 cm³/mol. The fourth-order valence-electron chi connectivity index (χ4n) is 2.27. The molecular weight excluding hydrogens is 375 g/mol. The highest BCUT2D eigenvalue weighted by Gasteiger charge is 2.34. The van der Waals surface area contributed by atoms with Gasteiger partial charge in [0.15, 0.2) is 0 Å². The third-order valence-electron chi connectivity index (χ3n) is 3.52. The maximum absolute atomic E-state index is 12.7. The monoisotopic (exact) mass is 390 g/mol. The van der Waals surface area contributed by atoms with Gasteiger partial charge in [-0.25, -0.2) is 0 Å². The van der Waals surface area contributed by atoms with Crippen molar-refractivity contribution in [2.75, 3.05) is 6.54 Å². The summed E-state index contributed by atoms with van der Waals surface area (Å²) in [5.74, 6) is -0.629. The van der Waals surface area contributed by atoms with Gasteiger partial charge in [-0.15, -0.1) is 0 Å². The number of carbonyl (C=O) groups excluding carboxylic acids is 1. The summed E-state index contributed by atoms with van der Waals surface area (Å²) in [4.78, 5) is 23.6. The second-order valence-corrected chi connectivity index (χ2v) is 5.48. The fraction of sp³-hybridized carbons (Fsp3) is 0.294. The Morgan fingerprint density at radius 3 is 2.41 bits per heavy atom. The van der Waals surface area contributed by atoms with Crippen molar-refractivity contribution in [2.45, 2.75) is 25.8 Å². The molecule has 0 unspecified atom stereocenters. The van der Waals surface area contributed by atoms with Gasteiger partial charge in [0, 0.05) is 12.7 Å². The summed E-state index contributed by atoms with van der Waals surface area (Å²) in [6.45, 7) is -3.32. The maximum atomic E-state index is 12.7. The molecule has 0 radical (unpaired) electrons. The Labute approximate surface area is 150 Å². The number of alkyl halides is 5. The van der Waals surface area contributed by atoms with Crippen LogP contribution in [0.1, 0.15) is 11.1 Å². The lowest BCUT2D eigenvalue weighted by molar-refractivity contribution is -0.139. The van der Waals surface area contributed by atoms with Crippen molar-refractivity contribution in [3.63, 3.8) is 0 Å². The largest absolute Gasteiger partial charge is 0.435 e. The average Bonchev–Trinajstić information content (AvgIpc) is 2.57. The lowest BCUT2D eigenvalue weighted by atomic mass is 10.1. The summed E-state index contributed by atoms with van der Waals surface area (Å²) in [5, 5.41) is 2.48. The second kappa shape index (κ2) is 8.65. The smallest absolute Gasteiger partial charge is 0.421 e. The molecule has 0 fully saturated rings. The predicted octanol–water partition coefficient (Wildman–Crippen LogP) is 2.83. The molecule has 27 heavy (non-hydrogen) atoms. The van der Waals surface area contributed by atoms with E-state index >= 15 is 0 Å². The molecule has 1 aromatic carbocycles. The minimum absolute atomic E-state index is 0.00158. The van der Waals surface area contributed by atoms with Gasteiger partial charge in [0.25, 0.3) is 5.56 Å². The van der Waals surface area contributed by atoms with Crippen molar-refractivity contribution < 1.29 is 31.5 Å². The van der Waals surface area contributed by atoms with Gasteiger partial charge in [0.1, 0.15) is 17.9 Å². The number of amides is 1. The normalized spacial score (nSPS) is 11.5. The number of benzene rings is 1. The molecule has 1 aromatic heterocycles. The topological polar surface area (TPSA) is 60.3 Å². The number of rotatable bonds is 7. The Kier molecular flexibility index (Phi) is 6.54. The van der Waals surface area contributed by atoms with Crippen molar-refractivity contribution in [1.29, 1.82) is 0 Å². The highest BCUT2D eigenvalue weighted by Crippen LogP contribution is 2.25. The van der Waals surface area contributed by atoms with E-state index in [1.54, 1.807) is 12.1 Å². The van der Waals surface area contributed by atoms with Crippen molar-refractivity contribution in [3.8, 4) is 5.75 Å². The van der Waals surface area contributed by atoms with Crippen LogP contribution >= 0.6 is 0 Å². The van der Waals surface area contributed by atoms with E-state index in [-0.39, 0.29) is 12.3 Å². The number of pyridine rings is 1. The molecule has 1 amide bonds. The lowest BCUT2D eigenvalue weighted by Gasteiger charge is -2.11. The van der Waals surface area contributed by atoms with Gasteiger partial charge in [-0.3, -0.25) is 9.59 Å². The Bertz CT molecular complexity index is 832. The van der Waals surface area contributed by atoms with E-state index in [0.717, 1.165) is 17.8 Å². The summed E-state index contributed by atoms with van der Waals surface area (Å²) in [6.07, 6.45) is -3.34. The third-order valence-corrected chi connectivity index (χ3v) is 3.52. The molecule has 0 bridgehead atoms. The van der Waals surface area contributed by atoms with Crippen LogP contribution in [-0.4, -0.2) is 23.6 Å². The van der Waals surface area contributed by atoms with E-state index in [4.69, 9.17) is 0 Å². The van der Waals surface area contributed by atoms with E-state index < -0.39 is 36.4 Å². The van der Waals surface area contributed by atoms with Crippen molar-refractivity contribution in [1.82, 2.24) is 9.88 Å². The molecular formula is C17H15F5N2O3. The summed E-state index contributed by atoms with van der Waals surface area (Å²) < 4.78 is 67.1. The summed E-state index contributed by atoms with van der Waals surface area (Å²) in [6, 6.07) is 7.48. The average molecular weight is 390 g/mol. The van der Waals surface area contributed by atoms with E-state index in [0.29, 0.717) is 17.1 Å². The zero-order chi connectivity index (χ0) is 20.0. The van der Waals surface area contributed by atoms with Gasteiger partial charge in [-0.05, 0) is 36.2 Å². The Hall–Kier alpha value is -2.91. The highest BCUT2D eigenvalue weighted by molar-refractivity contribution is 5.75. The molecule has 146 valence electrons. The summed E-state index contributed by atoms with van der Waals surface area (Å²) in [7, 11) is 0. The van der Waals surface area contributed by atoms with Crippen LogP contribution in [0, 0.1) is 0 Å². The van der Waals surface area contributed by atoms with Crippen molar-refractivity contribution in [2.24, 2.45) is 0 Å². The van der Waals surface area contributed by atoms with Crippen LogP contribution in [0.3, 0.4) is 0 Å². The number of hydrogen-bond donors (Lipinski definition) is 1. The molecule has 0 aliphatic heterocycles. The number of ether oxygens (including phenoxy) is 1. The Morgan fingerprint density at radius 2 is 1.81 bits per heavy atom. The third kappa shape index (κ3) is 6.08. The van der Waals surface area contributed by atoms with E-state index in [2.05, 4.69) is 10.1 Å². The first kappa shape index (κ1) is 20.4. The van der Waals surface area contributed by atoms with Crippen LogP contribution in [0.4, 0.5) is 22.0 Å². The van der Waals surface area contributed by atoms with Gasteiger partial charge >= 0.3 is 12.8 Å². The Balaban J connectivity index is 1.87. The van der Waals surface area contributed by atoms with Gasteiger partial charge in [0.2, 0.25) is 5.91 Å². The first-order valence-corrected chi connectivity index (χ1v) is 7.74. The van der Waals surface area contributed by atoms with Gasteiger partial charge in [-0.1, -0.05) is 12.1 Å². The van der Waals surface area contributed by atoms with Gasteiger partial charge < -0.3 is 14.6 Å². The fourth-order valence-corrected chi connectivity index (χ4v) is 2.27. The molecule has 0 saturated carbocycles. The van der Waals surface area contributed by atoms with Crippen molar-refractivity contribution >= 4 is 5.91 Å². The molecule has 5 nitrogen and oxygen atoms in total. The lowest BCUT2D eigenvalue weighted by Crippen LogP contribution is -2.35. The van der Waals surface area contributed by atoms with Crippen LogP contribution < -0.4 is 15.6 Å². The van der Waals surface area contributed by atoms with Crippen molar-refractivity contribution in [3.05, 3.63) is 64.1 Å². The number of nitrogens with zero attached hydrogens (tertiary/aromatic N) is 1. The van der Waals surface area contributed by atoms with E-state index in [1.807, 2.05) is 0 Å². The molecule has 0 aliphatic carbocycles. The number of hydrogen-bond acceptors (Lipinski definition) is 3. The zero-order valence-electron chi connectivity index (χ0n) is 13.8. The van der Waals surface area contributed by atoms with Crippen LogP contribution in [0.15, 0.2) is 47.4 Å². The summed E-state index contributed by atoms with van der Waals surface area (Å²) >= 11 is 0. The molecule has 2 aromatic rings. The molecule has 1 N–H and O–H groups in total.